The van der Waals surface area contributed by atoms with E-state index in [2.05, 4.69) is 40.0 Å². The average molecular weight is 328 g/mol. The molecule has 1 aromatic carbocycles. The van der Waals surface area contributed by atoms with Crippen LogP contribution in [0.4, 0.5) is 11.4 Å². The lowest BCUT2D eigenvalue weighted by Crippen LogP contribution is -2.26. The molecule has 3 heteroatoms. The summed E-state index contributed by atoms with van der Waals surface area (Å²) in [5, 5.41) is 3.64. The smallest absolute Gasteiger partial charge is 0.0576 e. The molecule has 3 unspecified atom stereocenters. The summed E-state index contributed by atoms with van der Waals surface area (Å²) in [7, 11) is 0. The second-order valence-electron chi connectivity index (χ2n) is 5.16. The number of rotatable bonds is 2. The first kappa shape index (κ1) is 10.7. The SMILES string of the molecule is Nc1cc(I)ccc1NC1CC2CCC1C2. The first-order chi connectivity index (χ1) is 7.72. The molecule has 2 fully saturated rings. The van der Waals surface area contributed by atoms with Crippen molar-refractivity contribution in [1.82, 2.24) is 0 Å². The van der Waals surface area contributed by atoms with Gasteiger partial charge in [-0.05, 0) is 71.9 Å². The van der Waals surface area contributed by atoms with Gasteiger partial charge in [-0.3, -0.25) is 0 Å². The van der Waals surface area contributed by atoms with Crippen molar-refractivity contribution in [2.75, 3.05) is 11.1 Å². The molecule has 3 atom stereocenters. The van der Waals surface area contributed by atoms with Gasteiger partial charge in [0.15, 0.2) is 0 Å². The number of fused-ring (bicyclic) bond motifs is 2. The standard InChI is InChI=1S/C13H17IN2/c14-10-3-4-12(11(15)7-10)16-13-6-8-1-2-9(13)5-8/h3-4,7-9,13,16H,1-2,5-6,15H2. The van der Waals surface area contributed by atoms with Crippen molar-refractivity contribution in [3.63, 3.8) is 0 Å². The largest absolute Gasteiger partial charge is 0.397 e. The van der Waals surface area contributed by atoms with Gasteiger partial charge in [0.25, 0.3) is 0 Å². The molecule has 0 saturated heterocycles. The molecule has 0 radical (unpaired) electrons. The Bertz CT molecular complexity index is 405. The summed E-state index contributed by atoms with van der Waals surface area (Å²) in [5.74, 6) is 1.87. The quantitative estimate of drug-likeness (QED) is 0.644. The minimum atomic E-state index is 0.668. The summed E-state index contributed by atoms with van der Waals surface area (Å²) in [6.07, 6.45) is 5.63. The fraction of sp³-hybridized carbons (Fsp3) is 0.538. The van der Waals surface area contributed by atoms with E-state index in [0.717, 1.165) is 23.2 Å². The van der Waals surface area contributed by atoms with Crippen molar-refractivity contribution in [2.45, 2.75) is 31.7 Å². The van der Waals surface area contributed by atoms with E-state index in [1.54, 1.807) is 0 Å². The van der Waals surface area contributed by atoms with Crippen LogP contribution in [-0.2, 0) is 0 Å². The van der Waals surface area contributed by atoms with Gasteiger partial charge in [0.05, 0.1) is 11.4 Å². The monoisotopic (exact) mass is 328 g/mol. The van der Waals surface area contributed by atoms with E-state index in [4.69, 9.17) is 5.73 Å². The van der Waals surface area contributed by atoms with Crippen molar-refractivity contribution >= 4 is 34.0 Å². The molecular formula is C13H17IN2. The van der Waals surface area contributed by atoms with Gasteiger partial charge in [-0.2, -0.15) is 0 Å². The van der Waals surface area contributed by atoms with Gasteiger partial charge in [-0.1, -0.05) is 6.42 Å². The summed E-state index contributed by atoms with van der Waals surface area (Å²) >= 11 is 2.30. The van der Waals surface area contributed by atoms with Crippen LogP contribution in [0.1, 0.15) is 25.7 Å². The fourth-order valence-electron chi connectivity index (χ4n) is 3.29. The van der Waals surface area contributed by atoms with Crippen molar-refractivity contribution < 1.29 is 0 Å². The lowest BCUT2D eigenvalue weighted by molar-refractivity contribution is 0.440. The second kappa shape index (κ2) is 4.09. The molecular weight excluding hydrogens is 311 g/mol. The summed E-state index contributed by atoms with van der Waals surface area (Å²) in [6, 6.07) is 6.94. The van der Waals surface area contributed by atoms with Crippen LogP contribution in [0.25, 0.3) is 0 Å². The van der Waals surface area contributed by atoms with E-state index in [1.807, 2.05) is 6.07 Å². The molecule has 2 bridgehead atoms. The molecule has 0 heterocycles. The predicted octanol–water partition coefficient (Wildman–Crippen LogP) is 3.47. The molecule has 0 amide bonds. The first-order valence-corrected chi connectivity index (χ1v) is 7.12. The Hall–Kier alpha value is -0.450. The number of anilines is 2. The van der Waals surface area contributed by atoms with E-state index in [1.165, 1.54) is 29.3 Å². The third kappa shape index (κ3) is 1.90. The third-order valence-electron chi connectivity index (χ3n) is 4.09. The van der Waals surface area contributed by atoms with Crippen molar-refractivity contribution in [3.05, 3.63) is 21.8 Å². The molecule has 2 saturated carbocycles. The molecule has 86 valence electrons. The Morgan fingerprint density at radius 2 is 2.12 bits per heavy atom. The van der Waals surface area contributed by atoms with Crippen LogP contribution < -0.4 is 11.1 Å². The number of nitrogen functional groups attached to an aromatic ring is 1. The summed E-state index contributed by atoms with van der Waals surface area (Å²) in [6.45, 7) is 0. The number of nitrogens with one attached hydrogen (secondary N) is 1. The minimum Gasteiger partial charge on any atom is -0.397 e. The van der Waals surface area contributed by atoms with Crippen molar-refractivity contribution in [2.24, 2.45) is 11.8 Å². The highest BCUT2D eigenvalue weighted by Gasteiger charge is 2.39. The number of halogens is 1. The minimum absolute atomic E-state index is 0.668. The molecule has 16 heavy (non-hydrogen) atoms. The molecule has 2 nitrogen and oxygen atoms in total. The van der Waals surface area contributed by atoms with Crippen LogP contribution in [0.3, 0.4) is 0 Å². The molecule has 3 rings (SSSR count). The van der Waals surface area contributed by atoms with E-state index in [0.29, 0.717) is 6.04 Å². The summed E-state index contributed by atoms with van der Waals surface area (Å²) in [5.41, 5.74) is 8.04. The van der Waals surface area contributed by atoms with Crippen LogP contribution in [0.15, 0.2) is 18.2 Å². The number of benzene rings is 1. The Labute approximate surface area is 110 Å². The molecule has 0 aromatic heterocycles. The predicted molar refractivity (Wildman–Crippen MR) is 76.4 cm³/mol. The molecule has 2 aliphatic rings. The summed E-state index contributed by atoms with van der Waals surface area (Å²) < 4.78 is 1.20. The Morgan fingerprint density at radius 3 is 2.75 bits per heavy atom. The Balaban J connectivity index is 1.74. The van der Waals surface area contributed by atoms with Crippen LogP contribution in [0.5, 0.6) is 0 Å². The lowest BCUT2D eigenvalue weighted by atomic mass is 9.95. The van der Waals surface area contributed by atoms with E-state index in [-0.39, 0.29) is 0 Å². The van der Waals surface area contributed by atoms with Crippen molar-refractivity contribution in [1.29, 1.82) is 0 Å². The normalized spacial score (nSPS) is 31.9. The van der Waals surface area contributed by atoms with Gasteiger partial charge in [-0.25, -0.2) is 0 Å². The first-order valence-electron chi connectivity index (χ1n) is 6.04. The van der Waals surface area contributed by atoms with Gasteiger partial charge < -0.3 is 11.1 Å². The molecule has 1 aromatic rings. The van der Waals surface area contributed by atoms with Gasteiger partial charge in [0, 0.05) is 9.61 Å². The Kier molecular flexibility index (Phi) is 2.73. The van der Waals surface area contributed by atoms with Gasteiger partial charge in [0.2, 0.25) is 0 Å². The zero-order valence-electron chi connectivity index (χ0n) is 9.25. The zero-order valence-corrected chi connectivity index (χ0v) is 11.4. The van der Waals surface area contributed by atoms with Crippen LogP contribution in [0.2, 0.25) is 0 Å². The molecule has 3 N–H and O–H groups in total. The Morgan fingerprint density at radius 1 is 1.25 bits per heavy atom. The average Bonchev–Trinajstić information content (AvgIpc) is 2.84. The highest BCUT2D eigenvalue weighted by Crippen LogP contribution is 2.45. The number of hydrogen-bond acceptors (Lipinski definition) is 2. The maximum absolute atomic E-state index is 6.03. The third-order valence-corrected chi connectivity index (χ3v) is 4.76. The lowest BCUT2D eigenvalue weighted by Gasteiger charge is -2.24. The van der Waals surface area contributed by atoms with Gasteiger partial charge in [0.1, 0.15) is 0 Å². The molecule has 0 aliphatic heterocycles. The summed E-state index contributed by atoms with van der Waals surface area (Å²) in [4.78, 5) is 0. The highest BCUT2D eigenvalue weighted by molar-refractivity contribution is 14.1. The molecule has 0 spiro atoms. The zero-order chi connectivity index (χ0) is 11.1. The van der Waals surface area contributed by atoms with E-state index in [9.17, 15) is 0 Å². The number of nitrogens with two attached hydrogens (primary N) is 1. The van der Waals surface area contributed by atoms with Crippen LogP contribution >= 0.6 is 22.6 Å². The van der Waals surface area contributed by atoms with Crippen LogP contribution in [-0.4, -0.2) is 6.04 Å². The second-order valence-corrected chi connectivity index (χ2v) is 6.40. The maximum Gasteiger partial charge on any atom is 0.0576 e. The van der Waals surface area contributed by atoms with Crippen LogP contribution in [0, 0.1) is 15.4 Å². The van der Waals surface area contributed by atoms with Gasteiger partial charge in [-0.15, -0.1) is 0 Å². The van der Waals surface area contributed by atoms with E-state index >= 15 is 0 Å². The van der Waals surface area contributed by atoms with Crippen molar-refractivity contribution in [3.8, 4) is 0 Å². The van der Waals surface area contributed by atoms with Gasteiger partial charge >= 0.3 is 0 Å². The topological polar surface area (TPSA) is 38.0 Å². The van der Waals surface area contributed by atoms with E-state index < -0.39 is 0 Å². The fourth-order valence-corrected chi connectivity index (χ4v) is 3.80. The highest BCUT2D eigenvalue weighted by atomic mass is 127. The number of hydrogen-bond donors (Lipinski definition) is 2. The molecule has 2 aliphatic carbocycles. The maximum atomic E-state index is 6.03.